The van der Waals surface area contributed by atoms with E-state index < -0.39 is 0 Å². The van der Waals surface area contributed by atoms with Crippen LogP contribution in [0.5, 0.6) is 0 Å². The van der Waals surface area contributed by atoms with Crippen LogP contribution in [0.4, 0.5) is 0 Å². The molecule has 1 aromatic rings. The summed E-state index contributed by atoms with van der Waals surface area (Å²) in [5, 5.41) is 3.70. The maximum atomic E-state index is 5.07. The maximum absolute atomic E-state index is 5.07. The minimum Gasteiger partial charge on any atom is -0.156 e. The zero-order valence-electron chi connectivity index (χ0n) is 5.61. The highest BCUT2D eigenvalue weighted by atomic mass is 79.9. The lowest BCUT2D eigenvalue weighted by Gasteiger charge is -2.00. The van der Waals surface area contributed by atoms with Gasteiger partial charge in [-0.25, -0.2) is 0 Å². The van der Waals surface area contributed by atoms with Gasteiger partial charge >= 0.3 is 0 Å². The van der Waals surface area contributed by atoms with Crippen molar-refractivity contribution in [3.8, 4) is 0 Å². The van der Waals surface area contributed by atoms with E-state index in [-0.39, 0.29) is 4.95 Å². The Morgan fingerprint density at radius 2 is 1.91 bits per heavy atom. The van der Waals surface area contributed by atoms with Crippen LogP contribution in [0.1, 0.15) is 10.5 Å². The highest BCUT2D eigenvalue weighted by Crippen LogP contribution is 2.23. The van der Waals surface area contributed by atoms with Crippen molar-refractivity contribution in [3.05, 3.63) is 35.9 Å². The quantitative estimate of drug-likeness (QED) is 0.423. The van der Waals surface area contributed by atoms with E-state index in [2.05, 4.69) is 25.7 Å². The molecule has 0 saturated heterocycles. The van der Waals surface area contributed by atoms with E-state index in [9.17, 15) is 0 Å². The topological polar surface area (TPSA) is 24.7 Å². The van der Waals surface area contributed by atoms with Gasteiger partial charge in [0, 0.05) is 0 Å². The number of nitrogens with zero attached hydrogens (tertiary/aromatic N) is 2. The molecule has 0 bridgehead atoms. The SMILES string of the molecule is ClN=NC(Br)c1ccccc1. The standard InChI is InChI=1S/C7H6BrClN2/c8-7(10-11-9)6-4-2-1-3-5-6/h1-5,7H. The second-order valence-corrected chi connectivity index (χ2v) is 2.96. The molecule has 0 N–H and O–H groups in total. The van der Waals surface area contributed by atoms with Gasteiger partial charge in [-0.05, 0) is 5.56 Å². The average Bonchev–Trinajstić information content (AvgIpc) is 2.07. The molecule has 11 heavy (non-hydrogen) atoms. The van der Waals surface area contributed by atoms with Crippen LogP contribution < -0.4 is 0 Å². The molecule has 0 saturated carbocycles. The van der Waals surface area contributed by atoms with Gasteiger partial charge < -0.3 is 0 Å². The average molecular weight is 233 g/mol. The molecule has 58 valence electrons. The van der Waals surface area contributed by atoms with Crippen LogP contribution in [0.25, 0.3) is 0 Å². The summed E-state index contributed by atoms with van der Waals surface area (Å²) in [7, 11) is 0. The Hall–Kier alpha value is -0.410. The predicted octanol–water partition coefficient (Wildman–Crippen LogP) is 3.69. The molecule has 1 rings (SSSR count). The molecule has 2 nitrogen and oxygen atoms in total. The van der Waals surface area contributed by atoms with E-state index in [4.69, 9.17) is 11.8 Å². The molecule has 1 atom stereocenters. The first-order valence-electron chi connectivity index (χ1n) is 3.04. The van der Waals surface area contributed by atoms with Gasteiger partial charge in [0.1, 0.15) is 0 Å². The molecule has 0 fully saturated rings. The molecule has 0 heterocycles. The molecule has 0 radical (unpaired) electrons. The maximum Gasteiger partial charge on any atom is 0.152 e. The molecular weight excluding hydrogens is 227 g/mol. The van der Waals surface area contributed by atoms with Gasteiger partial charge in [-0.2, -0.15) is 5.11 Å². The first-order chi connectivity index (χ1) is 5.34. The molecule has 0 spiro atoms. The molecule has 0 aliphatic rings. The van der Waals surface area contributed by atoms with Crippen molar-refractivity contribution in [1.29, 1.82) is 0 Å². The number of halogens is 2. The second kappa shape index (κ2) is 4.46. The van der Waals surface area contributed by atoms with Crippen molar-refractivity contribution in [2.45, 2.75) is 4.95 Å². The largest absolute Gasteiger partial charge is 0.156 e. The molecule has 1 aromatic carbocycles. The summed E-state index contributed by atoms with van der Waals surface area (Å²) in [5.41, 5.74) is 1.04. The van der Waals surface area contributed by atoms with Gasteiger partial charge in [0.25, 0.3) is 0 Å². The van der Waals surface area contributed by atoms with Crippen LogP contribution in [0.15, 0.2) is 40.1 Å². The van der Waals surface area contributed by atoms with Crippen molar-refractivity contribution in [2.75, 3.05) is 0 Å². The van der Waals surface area contributed by atoms with Crippen molar-refractivity contribution < 1.29 is 0 Å². The molecule has 1 unspecified atom stereocenters. The monoisotopic (exact) mass is 232 g/mol. The molecule has 4 heteroatoms. The van der Waals surface area contributed by atoms with E-state index in [0.717, 1.165) is 5.56 Å². The van der Waals surface area contributed by atoms with Gasteiger partial charge in [0.2, 0.25) is 0 Å². The molecule has 0 aliphatic carbocycles. The van der Waals surface area contributed by atoms with E-state index in [1.807, 2.05) is 30.3 Å². The normalized spacial score (nSPS) is 13.6. The fraction of sp³-hybridized carbons (Fsp3) is 0.143. The highest BCUT2D eigenvalue weighted by molar-refractivity contribution is 9.09. The smallest absolute Gasteiger partial charge is 0.152 e. The molecular formula is C7H6BrClN2. The van der Waals surface area contributed by atoms with Crippen molar-refractivity contribution in [1.82, 2.24) is 0 Å². The zero-order chi connectivity index (χ0) is 8.10. The van der Waals surface area contributed by atoms with Gasteiger partial charge in [0.05, 0.1) is 11.8 Å². The fourth-order valence-electron chi connectivity index (χ4n) is 0.717. The number of benzene rings is 1. The van der Waals surface area contributed by atoms with E-state index >= 15 is 0 Å². The van der Waals surface area contributed by atoms with Crippen molar-refractivity contribution >= 4 is 27.7 Å². The summed E-state index contributed by atoms with van der Waals surface area (Å²) < 4.78 is 3.16. The number of hydrogen-bond acceptors (Lipinski definition) is 2. The van der Waals surface area contributed by atoms with Crippen LogP contribution in [-0.2, 0) is 0 Å². The molecule has 0 amide bonds. The van der Waals surface area contributed by atoms with Crippen LogP contribution >= 0.6 is 27.7 Å². The first kappa shape index (κ1) is 8.68. The number of alkyl halides is 1. The predicted molar refractivity (Wildman–Crippen MR) is 48.8 cm³/mol. The highest BCUT2D eigenvalue weighted by Gasteiger charge is 2.02. The summed E-state index contributed by atoms with van der Waals surface area (Å²) in [6.45, 7) is 0. The Morgan fingerprint density at radius 1 is 1.27 bits per heavy atom. The van der Waals surface area contributed by atoms with E-state index in [0.29, 0.717) is 0 Å². The van der Waals surface area contributed by atoms with E-state index in [1.54, 1.807) is 0 Å². The minimum absolute atomic E-state index is 0.138. The summed E-state index contributed by atoms with van der Waals surface area (Å²) >= 11 is 8.38. The Kier molecular flexibility index (Phi) is 3.52. The summed E-state index contributed by atoms with van der Waals surface area (Å²) in [6, 6.07) is 9.72. The fourth-order valence-corrected chi connectivity index (χ4v) is 1.31. The third-order valence-corrected chi connectivity index (χ3v) is 2.02. The lowest BCUT2D eigenvalue weighted by atomic mass is 10.2. The Morgan fingerprint density at radius 3 is 2.45 bits per heavy atom. The second-order valence-electron chi connectivity index (χ2n) is 1.94. The van der Waals surface area contributed by atoms with Gasteiger partial charge in [-0.3, -0.25) is 0 Å². The van der Waals surface area contributed by atoms with Crippen molar-refractivity contribution in [3.63, 3.8) is 0 Å². The third-order valence-electron chi connectivity index (χ3n) is 1.22. The lowest BCUT2D eigenvalue weighted by molar-refractivity contribution is 0.974. The third kappa shape index (κ3) is 2.60. The Balaban J connectivity index is 2.76. The summed E-state index contributed by atoms with van der Waals surface area (Å²) in [6.07, 6.45) is 0. The van der Waals surface area contributed by atoms with Gasteiger partial charge in [-0.15, -0.1) is 0 Å². The molecule has 0 aliphatic heterocycles. The Labute approximate surface area is 78.5 Å². The molecule has 0 aromatic heterocycles. The van der Waals surface area contributed by atoms with Gasteiger partial charge in [-0.1, -0.05) is 50.9 Å². The number of rotatable bonds is 2. The van der Waals surface area contributed by atoms with Crippen LogP contribution in [0.2, 0.25) is 0 Å². The first-order valence-corrected chi connectivity index (χ1v) is 4.30. The van der Waals surface area contributed by atoms with Gasteiger partial charge in [0.15, 0.2) is 4.95 Å². The van der Waals surface area contributed by atoms with Crippen LogP contribution in [-0.4, -0.2) is 0 Å². The number of hydrogen-bond donors (Lipinski definition) is 0. The van der Waals surface area contributed by atoms with Crippen LogP contribution in [0.3, 0.4) is 0 Å². The lowest BCUT2D eigenvalue weighted by Crippen LogP contribution is -1.81. The van der Waals surface area contributed by atoms with E-state index in [1.165, 1.54) is 0 Å². The Bertz CT molecular complexity index is 237. The van der Waals surface area contributed by atoms with Crippen LogP contribution in [0, 0.1) is 0 Å². The van der Waals surface area contributed by atoms with Crippen molar-refractivity contribution in [2.24, 2.45) is 9.75 Å². The summed E-state index contributed by atoms with van der Waals surface area (Å²) in [5.74, 6) is 0. The summed E-state index contributed by atoms with van der Waals surface area (Å²) in [4.78, 5) is -0.138. The zero-order valence-corrected chi connectivity index (χ0v) is 7.96. The minimum atomic E-state index is -0.138.